The van der Waals surface area contributed by atoms with Crippen LogP contribution < -0.4 is 0 Å². The van der Waals surface area contributed by atoms with Crippen molar-refractivity contribution in [3.8, 4) is 0 Å². The van der Waals surface area contributed by atoms with Crippen molar-refractivity contribution in [3.63, 3.8) is 0 Å². The molecule has 1 aromatic carbocycles. The molecule has 3 rings (SSSR count). The molecule has 0 amide bonds. The third-order valence-corrected chi connectivity index (χ3v) is 6.86. The van der Waals surface area contributed by atoms with Crippen LogP contribution in [0, 0.1) is 29.5 Å². The third kappa shape index (κ3) is 5.19. The highest BCUT2D eigenvalue weighted by Crippen LogP contribution is 2.42. The van der Waals surface area contributed by atoms with Gasteiger partial charge >= 0.3 is 0 Å². The van der Waals surface area contributed by atoms with Gasteiger partial charge in [-0.1, -0.05) is 50.8 Å². The van der Waals surface area contributed by atoms with E-state index in [9.17, 15) is 4.39 Å². The smallest absolute Gasteiger partial charge is 0.123 e. The summed E-state index contributed by atoms with van der Waals surface area (Å²) in [5, 5.41) is 0. The molecule has 0 nitrogen and oxygen atoms in total. The zero-order valence-electron chi connectivity index (χ0n) is 16.1. The molecular formula is C24H35F. The van der Waals surface area contributed by atoms with E-state index in [4.69, 9.17) is 0 Å². The van der Waals surface area contributed by atoms with Crippen molar-refractivity contribution in [2.45, 2.75) is 78.1 Å². The van der Waals surface area contributed by atoms with Gasteiger partial charge in [-0.25, -0.2) is 4.39 Å². The fraction of sp³-hybridized carbons (Fsp3) is 0.667. The first kappa shape index (κ1) is 18.7. The molecule has 2 aliphatic carbocycles. The average molecular weight is 343 g/mol. The molecule has 2 aliphatic rings. The second-order valence-corrected chi connectivity index (χ2v) is 8.60. The Bertz CT molecular complexity index is 540. The quantitative estimate of drug-likeness (QED) is 0.515. The highest BCUT2D eigenvalue weighted by molar-refractivity contribution is 5.63. The van der Waals surface area contributed by atoms with Crippen LogP contribution >= 0.6 is 0 Å². The molecule has 0 radical (unpaired) electrons. The van der Waals surface area contributed by atoms with Gasteiger partial charge in [0.2, 0.25) is 0 Å². The maximum absolute atomic E-state index is 13.1. The van der Waals surface area contributed by atoms with Gasteiger partial charge in [0, 0.05) is 0 Å². The minimum atomic E-state index is -0.147. The summed E-state index contributed by atoms with van der Waals surface area (Å²) in [6.45, 7) is 4.50. The number of halogens is 1. The van der Waals surface area contributed by atoms with E-state index in [0.717, 1.165) is 29.2 Å². The minimum absolute atomic E-state index is 0.147. The first-order valence-corrected chi connectivity index (χ1v) is 10.6. The zero-order valence-corrected chi connectivity index (χ0v) is 16.1. The van der Waals surface area contributed by atoms with E-state index in [1.807, 2.05) is 12.1 Å². The normalized spacial score (nSPS) is 31.1. The van der Waals surface area contributed by atoms with E-state index in [2.05, 4.69) is 19.9 Å². The van der Waals surface area contributed by atoms with Crippen molar-refractivity contribution < 1.29 is 4.39 Å². The van der Waals surface area contributed by atoms with Crippen LogP contribution in [0.15, 0.2) is 30.3 Å². The Kier molecular flexibility index (Phi) is 6.73. The molecule has 0 aromatic heterocycles. The van der Waals surface area contributed by atoms with Gasteiger partial charge in [0.15, 0.2) is 0 Å². The molecule has 0 heterocycles. The van der Waals surface area contributed by atoms with Crippen molar-refractivity contribution in [1.82, 2.24) is 0 Å². The number of allylic oxidation sites excluding steroid dienone is 2. The highest BCUT2D eigenvalue weighted by atomic mass is 19.1. The van der Waals surface area contributed by atoms with E-state index in [1.54, 1.807) is 12.1 Å². The molecule has 2 fully saturated rings. The summed E-state index contributed by atoms with van der Waals surface area (Å²) in [7, 11) is 0. The third-order valence-electron chi connectivity index (χ3n) is 6.86. The number of hydrogen-bond acceptors (Lipinski definition) is 0. The van der Waals surface area contributed by atoms with Gasteiger partial charge in [-0.15, -0.1) is 0 Å². The average Bonchev–Trinajstić information content (AvgIpc) is 2.64. The van der Waals surface area contributed by atoms with E-state index < -0.39 is 0 Å². The Hall–Kier alpha value is -1.11. The Balaban J connectivity index is 1.47. The lowest BCUT2D eigenvalue weighted by atomic mass is 9.68. The van der Waals surface area contributed by atoms with Crippen LogP contribution in [-0.4, -0.2) is 0 Å². The minimum Gasteiger partial charge on any atom is -0.207 e. The summed E-state index contributed by atoms with van der Waals surface area (Å²) in [6, 6.07) is 6.94. The molecule has 0 unspecified atom stereocenters. The molecule has 0 saturated heterocycles. The molecule has 0 atom stereocenters. The zero-order chi connectivity index (χ0) is 17.6. The summed E-state index contributed by atoms with van der Waals surface area (Å²) >= 11 is 0. The van der Waals surface area contributed by atoms with Gasteiger partial charge in [0.1, 0.15) is 5.82 Å². The molecular weight excluding hydrogens is 307 g/mol. The fourth-order valence-electron chi connectivity index (χ4n) is 5.30. The summed E-state index contributed by atoms with van der Waals surface area (Å²) < 4.78 is 13.1. The topological polar surface area (TPSA) is 0 Å². The Morgan fingerprint density at radius 3 is 2.04 bits per heavy atom. The largest absolute Gasteiger partial charge is 0.207 e. The molecule has 0 spiro atoms. The van der Waals surface area contributed by atoms with Gasteiger partial charge in [-0.3, -0.25) is 0 Å². The molecule has 0 N–H and O–H groups in total. The lowest BCUT2D eigenvalue weighted by Gasteiger charge is -2.37. The summed E-state index contributed by atoms with van der Waals surface area (Å²) in [6.07, 6.45) is 16.7. The van der Waals surface area contributed by atoms with Crippen LogP contribution in [0.5, 0.6) is 0 Å². The molecule has 0 bridgehead atoms. The van der Waals surface area contributed by atoms with Gasteiger partial charge in [0.05, 0.1) is 0 Å². The van der Waals surface area contributed by atoms with Crippen LogP contribution in [0.1, 0.15) is 83.6 Å². The number of benzene rings is 1. The van der Waals surface area contributed by atoms with Crippen LogP contribution in [0.3, 0.4) is 0 Å². The Morgan fingerprint density at radius 2 is 1.48 bits per heavy atom. The SMILES string of the molecule is CCCC1CCC(C2CCC(/C=C(\C)c3ccc(F)cc3)CC2)CC1. The van der Waals surface area contributed by atoms with Crippen LogP contribution in [0.2, 0.25) is 0 Å². The second-order valence-electron chi connectivity index (χ2n) is 8.60. The van der Waals surface area contributed by atoms with Crippen molar-refractivity contribution in [3.05, 3.63) is 41.7 Å². The van der Waals surface area contributed by atoms with Crippen molar-refractivity contribution in [1.29, 1.82) is 0 Å². The van der Waals surface area contributed by atoms with Crippen LogP contribution in [-0.2, 0) is 0 Å². The highest BCUT2D eigenvalue weighted by Gasteiger charge is 2.30. The first-order chi connectivity index (χ1) is 12.2. The van der Waals surface area contributed by atoms with E-state index in [0.29, 0.717) is 0 Å². The number of rotatable bonds is 5. The van der Waals surface area contributed by atoms with Gasteiger partial charge in [-0.05, 0) is 92.4 Å². The molecule has 0 aliphatic heterocycles. The standard InChI is InChI=1S/C24H35F/c1-3-4-19-5-9-22(10-6-19)23-11-7-20(8-12-23)17-18(2)21-13-15-24(25)16-14-21/h13-17,19-20,22-23H,3-12H2,1-2H3/b18-17+. The van der Waals surface area contributed by atoms with E-state index in [1.165, 1.54) is 69.8 Å². The fourth-order valence-corrected chi connectivity index (χ4v) is 5.30. The van der Waals surface area contributed by atoms with Crippen molar-refractivity contribution >= 4 is 5.57 Å². The molecule has 138 valence electrons. The van der Waals surface area contributed by atoms with Gasteiger partial charge < -0.3 is 0 Å². The maximum atomic E-state index is 13.1. The lowest BCUT2D eigenvalue weighted by Crippen LogP contribution is -2.25. The Morgan fingerprint density at radius 1 is 0.920 bits per heavy atom. The van der Waals surface area contributed by atoms with E-state index in [-0.39, 0.29) is 5.82 Å². The molecule has 25 heavy (non-hydrogen) atoms. The van der Waals surface area contributed by atoms with Crippen LogP contribution in [0.4, 0.5) is 4.39 Å². The van der Waals surface area contributed by atoms with Crippen LogP contribution in [0.25, 0.3) is 5.57 Å². The molecule has 1 aromatic rings. The Labute approximate surface area is 153 Å². The predicted octanol–water partition coefficient (Wildman–Crippen LogP) is 7.64. The lowest BCUT2D eigenvalue weighted by molar-refractivity contribution is 0.152. The first-order valence-electron chi connectivity index (χ1n) is 10.6. The van der Waals surface area contributed by atoms with Gasteiger partial charge in [0.25, 0.3) is 0 Å². The monoisotopic (exact) mass is 342 g/mol. The predicted molar refractivity (Wildman–Crippen MR) is 106 cm³/mol. The maximum Gasteiger partial charge on any atom is 0.123 e. The van der Waals surface area contributed by atoms with Crippen molar-refractivity contribution in [2.75, 3.05) is 0 Å². The summed E-state index contributed by atoms with van der Waals surface area (Å²) in [4.78, 5) is 0. The summed E-state index contributed by atoms with van der Waals surface area (Å²) in [5.41, 5.74) is 2.47. The van der Waals surface area contributed by atoms with E-state index >= 15 is 0 Å². The summed E-state index contributed by atoms with van der Waals surface area (Å²) in [5.74, 6) is 3.59. The van der Waals surface area contributed by atoms with Crippen molar-refractivity contribution in [2.24, 2.45) is 23.7 Å². The number of hydrogen-bond donors (Lipinski definition) is 0. The van der Waals surface area contributed by atoms with Gasteiger partial charge in [-0.2, -0.15) is 0 Å². The molecule has 1 heteroatoms. The molecule has 2 saturated carbocycles. The second kappa shape index (κ2) is 9.01.